The Morgan fingerprint density at radius 2 is 1.96 bits per heavy atom. The zero-order valence-corrected chi connectivity index (χ0v) is 13.9. The molecule has 0 aromatic carbocycles. The summed E-state index contributed by atoms with van der Waals surface area (Å²) in [5.74, 6) is -1.88. The molecule has 1 amide bonds. The van der Waals surface area contributed by atoms with Crippen LogP contribution in [0.15, 0.2) is 0 Å². The maximum atomic E-state index is 13.0. The standard InChI is InChI=1S/C17H26F2N2O3/c18-17(19)5-14(6-17)20-15(22)16-10-21(8-13(16)9-24-11-16)7-12-1-3-23-4-2-12/h12-14H,1-11H2,(H,20,22)/t13-,16-/m1/s1. The molecule has 24 heavy (non-hydrogen) atoms. The molecule has 136 valence electrons. The molecule has 4 rings (SSSR count). The van der Waals surface area contributed by atoms with Gasteiger partial charge in [-0.1, -0.05) is 0 Å². The molecule has 0 aromatic heterocycles. The summed E-state index contributed by atoms with van der Waals surface area (Å²) in [4.78, 5) is 15.2. The zero-order chi connectivity index (χ0) is 16.8. The van der Waals surface area contributed by atoms with Crippen molar-refractivity contribution < 1.29 is 23.0 Å². The second-order valence-corrected chi connectivity index (χ2v) is 8.05. The van der Waals surface area contributed by atoms with Gasteiger partial charge in [-0.15, -0.1) is 0 Å². The number of rotatable bonds is 4. The Kier molecular flexibility index (Phi) is 4.29. The van der Waals surface area contributed by atoms with Crippen LogP contribution >= 0.6 is 0 Å². The van der Waals surface area contributed by atoms with E-state index in [1.165, 1.54) is 0 Å². The molecule has 2 atom stereocenters. The first-order chi connectivity index (χ1) is 11.5. The Morgan fingerprint density at radius 1 is 1.21 bits per heavy atom. The lowest BCUT2D eigenvalue weighted by Gasteiger charge is -2.38. The van der Waals surface area contributed by atoms with E-state index in [4.69, 9.17) is 9.47 Å². The number of halogens is 2. The number of fused-ring (bicyclic) bond motifs is 1. The van der Waals surface area contributed by atoms with Crippen molar-refractivity contribution >= 4 is 5.91 Å². The van der Waals surface area contributed by atoms with E-state index in [1.54, 1.807) is 0 Å². The van der Waals surface area contributed by atoms with Crippen molar-refractivity contribution in [2.45, 2.75) is 37.6 Å². The molecule has 5 nitrogen and oxygen atoms in total. The van der Waals surface area contributed by atoms with Crippen molar-refractivity contribution in [3.63, 3.8) is 0 Å². The molecule has 3 heterocycles. The third-order valence-corrected chi connectivity index (χ3v) is 6.18. The zero-order valence-electron chi connectivity index (χ0n) is 13.9. The first-order valence-electron chi connectivity index (χ1n) is 9.03. The highest BCUT2D eigenvalue weighted by Crippen LogP contribution is 2.43. The summed E-state index contributed by atoms with van der Waals surface area (Å²) in [5, 5.41) is 2.85. The lowest BCUT2D eigenvalue weighted by atomic mass is 9.79. The molecular formula is C17H26F2N2O3. The van der Waals surface area contributed by atoms with E-state index in [0.29, 0.717) is 25.7 Å². The van der Waals surface area contributed by atoms with Crippen LogP contribution in [0.2, 0.25) is 0 Å². The SMILES string of the molecule is O=C(NC1CC(F)(F)C1)[C@]12COC[C@H]1CN(CC1CCOCC1)C2. The van der Waals surface area contributed by atoms with Gasteiger partial charge in [-0.3, -0.25) is 4.79 Å². The number of hydrogen-bond donors (Lipinski definition) is 1. The smallest absolute Gasteiger partial charge is 0.252 e. The van der Waals surface area contributed by atoms with E-state index in [-0.39, 0.29) is 30.7 Å². The minimum Gasteiger partial charge on any atom is -0.381 e. The summed E-state index contributed by atoms with van der Waals surface area (Å²) < 4.78 is 37.0. The van der Waals surface area contributed by atoms with Crippen LogP contribution in [0.5, 0.6) is 0 Å². The second-order valence-electron chi connectivity index (χ2n) is 8.05. The number of hydrogen-bond acceptors (Lipinski definition) is 4. The first kappa shape index (κ1) is 16.7. The van der Waals surface area contributed by atoms with Crippen LogP contribution in [0, 0.1) is 17.3 Å². The van der Waals surface area contributed by atoms with Crippen molar-refractivity contribution in [1.82, 2.24) is 10.2 Å². The van der Waals surface area contributed by atoms with E-state index in [9.17, 15) is 13.6 Å². The number of amides is 1. The number of carbonyl (C=O) groups excluding carboxylic acids is 1. The number of nitrogens with one attached hydrogen (secondary N) is 1. The van der Waals surface area contributed by atoms with Crippen molar-refractivity contribution in [1.29, 1.82) is 0 Å². The molecule has 1 saturated carbocycles. The van der Waals surface area contributed by atoms with Gasteiger partial charge in [0.1, 0.15) is 0 Å². The van der Waals surface area contributed by atoms with Crippen molar-refractivity contribution in [2.75, 3.05) is 46.1 Å². The fourth-order valence-corrected chi connectivity index (χ4v) is 4.69. The molecule has 0 spiro atoms. The van der Waals surface area contributed by atoms with Gasteiger partial charge in [-0.2, -0.15) is 0 Å². The minimum absolute atomic E-state index is 0.0834. The van der Waals surface area contributed by atoms with Gasteiger partial charge in [0.15, 0.2) is 0 Å². The lowest BCUT2D eigenvalue weighted by Crippen LogP contribution is -2.56. The maximum Gasteiger partial charge on any atom is 0.252 e. The first-order valence-corrected chi connectivity index (χ1v) is 9.03. The Balaban J connectivity index is 1.36. The molecular weight excluding hydrogens is 318 g/mol. The van der Waals surface area contributed by atoms with Gasteiger partial charge < -0.3 is 19.7 Å². The summed E-state index contributed by atoms with van der Waals surface area (Å²) >= 11 is 0. The van der Waals surface area contributed by atoms with Crippen LogP contribution < -0.4 is 5.32 Å². The molecule has 0 bridgehead atoms. The predicted octanol–water partition coefficient (Wildman–Crippen LogP) is 1.28. The summed E-state index contributed by atoms with van der Waals surface area (Å²) in [6, 6.07) is -0.382. The number of likely N-dealkylation sites (tertiary alicyclic amines) is 1. The number of carbonyl (C=O) groups is 1. The summed E-state index contributed by atoms with van der Waals surface area (Å²) in [5.41, 5.74) is -0.546. The van der Waals surface area contributed by atoms with Crippen LogP contribution in [0.25, 0.3) is 0 Å². The van der Waals surface area contributed by atoms with E-state index in [2.05, 4.69) is 10.2 Å². The average molecular weight is 344 g/mol. The van der Waals surface area contributed by atoms with E-state index in [1.807, 2.05) is 0 Å². The molecule has 1 aliphatic carbocycles. The number of alkyl halides is 2. The monoisotopic (exact) mass is 344 g/mol. The van der Waals surface area contributed by atoms with Crippen molar-refractivity contribution in [3.05, 3.63) is 0 Å². The summed E-state index contributed by atoms with van der Waals surface area (Å²) in [6.07, 6.45) is 1.69. The van der Waals surface area contributed by atoms with Gasteiger partial charge >= 0.3 is 0 Å². The van der Waals surface area contributed by atoms with Gasteiger partial charge in [-0.25, -0.2) is 8.78 Å². The number of nitrogens with zero attached hydrogens (tertiary/aromatic N) is 1. The third kappa shape index (κ3) is 3.06. The second kappa shape index (κ2) is 6.18. The van der Waals surface area contributed by atoms with E-state index >= 15 is 0 Å². The van der Waals surface area contributed by atoms with Crippen molar-refractivity contribution in [3.8, 4) is 0 Å². The highest BCUT2D eigenvalue weighted by molar-refractivity contribution is 5.84. The molecule has 0 radical (unpaired) electrons. The van der Waals surface area contributed by atoms with Gasteiger partial charge in [0, 0.05) is 57.6 Å². The van der Waals surface area contributed by atoms with Crippen LogP contribution in [-0.4, -0.2) is 68.8 Å². The highest BCUT2D eigenvalue weighted by Gasteiger charge is 2.57. The molecule has 4 fully saturated rings. The highest BCUT2D eigenvalue weighted by atomic mass is 19.3. The molecule has 4 aliphatic rings. The van der Waals surface area contributed by atoms with Crippen molar-refractivity contribution in [2.24, 2.45) is 17.3 Å². The topological polar surface area (TPSA) is 50.8 Å². The number of ether oxygens (including phenoxy) is 2. The summed E-state index contributed by atoms with van der Waals surface area (Å²) in [7, 11) is 0. The molecule has 1 N–H and O–H groups in total. The summed E-state index contributed by atoms with van der Waals surface area (Å²) in [6.45, 7) is 5.21. The van der Waals surface area contributed by atoms with E-state index < -0.39 is 11.3 Å². The fourth-order valence-electron chi connectivity index (χ4n) is 4.69. The van der Waals surface area contributed by atoms with Gasteiger partial charge in [0.25, 0.3) is 5.92 Å². The molecule has 0 unspecified atom stereocenters. The van der Waals surface area contributed by atoms with Crippen LogP contribution in [-0.2, 0) is 14.3 Å². The van der Waals surface area contributed by atoms with Crippen LogP contribution in [0.4, 0.5) is 8.78 Å². The Labute approximate surface area is 141 Å². The maximum absolute atomic E-state index is 13.0. The van der Waals surface area contributed by atoms with Gasteiger partial charge in [0.2, 0.25) is 5.91 Å². The Hall–Kier alpha value is -0.790. The van der Waals surface area contributed by atoms with Crippen LogP contribution in [0.1, 0.15) is 25.7 Å². The van der Waals surface area contributed by atoms with Gasteiger partial charge in [-0.05, 0) is 18.8 Å². The third-order valence-electron chi connectivity index (χ3n) is 6.18. The minimum atomic E-state index is -2.61. The average Bonchev–Trinajstić information content (AvgIpc) is 3.04. The van der Waals surface area contributed by atoms with E-state index in [0.717, 1.165) is 39.1 Å². The van der Waals surface area contributed by atoms with Gasteiger partial charge in [0.05, 0.1) is 18.6 Å². The normalized spacial score (nSPS) is 37.2. The molecule has 0 aromatic rings. The molecule has 3 saturated heterocycles. The fraction of sp³-hybridized carbons (Fsp3) is 0.941. The molecule has 7 heteroatoms. The Bertz CT molecular complexity index is 490. The largest absolute Gasteiger partial charge is 0.381 e. The van der Waals surface area contributed by atoms with Crippen LogP contribution in [0.3, 0.4) is 0 Å². The Morgan fingerprint density at radius 3 is 2.67 bits per heavy atom. The molecule has 3 aliphatic heterocycles. The lowest BCUT2D eigenvalue weighted by molar-refractivity contribution is -0.139. The quantitative estimate of drug-likeness (QED) is 0.835. The predicted molar refractivity (Wildman–Crippen MR) is 82.8 cm³/mol.